The first-order valence-electron chi connectivity index (χ1n) is 5.30. The lowest BCUT2D eigenvalue weighted by molar-refractivity contribution is 1.48. The fourth-order valence-corrected chi connectivity index (χ4v) is 1.36. The Labute approximate surface area is 98.2 Å². The Hall–Kier alpha value is -0.885. The average molecular weight is 222 g/mol. The summed E-state index contributed by atoms with van der Waals surface area (Å²) in [7, 11) is 5.69. The first kappa shape index (κ1) is 14.1. The molecule has 0 amide bonds. The van der Waals surface area contributed by atoms with E-state index in [1.807, 2.05) is 40.0 Å². The normalized spacial score (nSPS) is 8.60. The highest BCUT2D eigenvalue weighted by atomic mass is 35.5. The second-order valence-corrected chi connectivity index (χ2v) is 2.81. The van der Waals surface area contributed by atoms with E-state index in [9.17, 15) is 0 Å². The van der Waals surface area contributed by atoms with Gasteiger partial charge in [0, 0.05) is 6.20 Å². The van der Waals surface area contributed by atoms with Crippen molar-refractivity contribution in [3.8, 4) is 0 Å². The van der Waals surface area contributed by atoms with Crippen LogP contribution in [0.5, 0.6) is 0 Å². The van der Waals surface area contributed by atoms with Crippen LogP contribution in [-0.4, -0.2) is 12.8 Å². The molecule has 2 rings (SSSR count). The number of benzene rings is 1. The van der Waals surface area contributed by atoms with E-state index in [1.165, 1.54) is 0 Å². The molecular formula is C12H17BClN. The number of halogens is 1. The Morgan fingerprint density at radius 1 is 1.07 bits per heavy atom. The largest absolute Gasteiger partial charge is 0.360 e. The topological polar surface area (TPSA) is 15.8 Å². The number of H-pyrrole nitrogens is 1. The fourth-order valence-electron chi connectivity index (χ4n) is 1.14. The third kappa shape index (κ3) is 3.31. The van der Waals surface area contributed by atoms with Crippen LogP contribution in [0.3, 0.4) is 0 Å². The second kappa shape index (κ2) is 7.41. The maximum atomic E-state index is 5.88. The van der Waals surface area contributed by atoms with Gasteiger partial charge in [-0.3, -0.25) is 0 Å². The van der Waals surface area contributed by atoms with Crippen LogP contribution in [-0.2, 0) is 0 Å². The van der Waals surface area contributed by atoms with Gasteiger partial charge in [-0.1, -0.05) is 50.8 Å². The summed E-state index contributed by atoms with van der Waals surface area (Å²) in [5.74, 6) is 0. The minimum absolute atomic E-state index is 0.708. The van der Waals surface area contributed by atoms with Crippen molar-refractivity contribution >= 4 is 35.8 Å². The number of nitrogens with one attached hydrogen (secondary N) is 1. The summed E-state index contributed by atoms with van der Waals surface area (Å²) in [6, 6.07) is 5.50. The first-order valence-corrected chi connectivity index (χ1v) is 5.68. The van der Waals surface area contributed by atoms with E-state index in [-0.39, 0.29) is 0 Å². The van der Waals surface area contributed by atoms with Crippen LogP contribution in [0.1, 0.15) is 27.7 Å². The Morgan fingerprint density at radius 3 is 2.20 bits per heavy atom. The molecule has 1 nitrogen and oxygen atoms in total. The van der Waals surface area contributed by atoms with Crippen LogP contribution >= 0.6 is 11.6 Å². The summed E-state index contributed by atoms with van der Waals surface area (Å²) in [4.78, 5) is 3.02. The van der Waals surface area contributed by atoms with Crippen LogP contribution in [0.2, 0.25) is 5.02 Å². The van der Waals surface area contributed by atoms with E-state index in [2.05, 4.69) is 4.98 Å². The third-order valence-corrected chi connectivity index (χ3v) is 2.02. The van der Waals surface area contributed by atoms with Gasteiger partial charge in [0.2, 0.25) is 0 Å². The molecule has 0 aliphatic carbocycles. The second-order valence-electron chi connectivity index (χ2n) is 2.40. The zero-order chi connectivity index (χ0) is 11.8. The van der Waals surface area contributed by atoms with Gasteiger partial charge in [0.15, 0.2) is 0 Å². The van der Waals surface area contributed by atoms with Crippen LogP contribution in [0.25, 0.3) is 10.9 Å². The van der Waals surface area contributed by atoms with Gasteiger partial charge < -0.3 is 4.98 Å². The molecule has 80 valence electrons. The lowest BCUT2D eigenvalue weighted by Crippen LogP contribution is -2.01. The van der Waals surface area contributed by atoms with Gasteiger partial charge >= 0.3 is 0 Å². The lowest BCUT2D eigenvalue weighted by Gasteiger charge is -1.96. The molecule has 1 N–H and O–H groups in total. The minimum Gasteiger partial charge on any atom is -0.360 e. The SMILES string of the molecule is CC.CC.[B]c1ccc(Cl)c2[nH]ccc12. The molecule has 1 heterocycles. The van der Waals surface area contributed by atoms with E-state index in [1.54, 1.807) is 12.1 Å². The number of hydrogen-bond acceptors (Lipinski definition) is 0. The average Bonchev–Trinajstić information content (AvgIpc) is 2.79. The predicted octanol–water partition coefficient (Wildman–Crippen LogP) is 3.67. The van der Waals surface area contributed by atoms with Crippen molar-refractivity contribution in [3.05, 3.63) is 29.4 Å². The molecule has 15 heavy (non-hydrogen) atoms. The number of hydrogen-bond donors (Lipinski definition) is 1. The maximum Gasteiger partial charge on any atom is 0.114 e. The van der Waals surface area contributed by atoms with Crippen LogP contribution in [0.4, 0.5) is 0 Å². The molecule has 0 spiro atoms. The van der Waals surface area contributed by atoms with Gasteiger partial charge in [-0.2, -0.15) is 0 Å². The van der Waals surface area contributed by atoms with Crippen molar-refractivity contribution in [1.82, 2.24) is 4.98 Å². The Bertz CT molecular complexity index is 359. The zero-order valence-corrected chi connectivity index (χ0v) is 10.5. The van der Waals surface area contributed by atoms with Gasteiger partial charge in [0.05, 0.1) is 10.5 Å². The van der Waals surface area contributed by atoms with E-state index >= 15 is 0 Å². The van der Waals surface area contributed by atoms with Crippen LogP contribution < -0.4 is 5.46 Å². The Balaban J connectivity index is 0.000000442. The molecule has 1 aromatic carbocycles. The predicted molar refractivity (Wildman–Crippen MR) is 71.4 cm³/mol. The highest BCUT2D eigenvalue weighted by molar-refractivity contribution is 6.42. The summed E-state index contributed by atoms with van der Waals surface area (Å²) in [5, 5.41) is 1.69. The van der Waals surface area contributed by atoms with Gasteiger partial charge in [-0.05, 0) is 17.5 Å². The van der Waals surface area contributed by atoms with Crippen molar-refractivity contribution < 1.29 is 0 Å². The fraction of sp³-hybridized carbons (Fsp3) is 0.333. The molecule has 0 saturated heterocycles. The van der Waals surface area contributed by atoms with E-state index in [0.29, 0.717) is 5.02 Å². The monoisotopic (exact) mass is 221 g/mol. The Kier molecular flexibility index (Phi) is 6.97. The molecule has 0 saturated carbocycles. The summed E-state index contributed by atoms with van der Waals surface area (Å²) in [6.07, 6.45) is 1.83. The van der Waals surface area contributed by atoms with E-state index in [4.69, 9.17) is 19.4 Å². The molecule has 0 aliphatic heterocycles. The van der Waals surface area contributed by atoms with E-state index in [0.717, 1.165) is 16.4 Å². The summed E-state index contributed by atoms with van der Waals surface area (Å²) >= 11 is 5.88. The summed E-state index contributed by atoms with van der Waals surface area (Å²) < 4.78 is 0. The molecule has 0 unspecified atom stereocenters. The first-order chi connectivity index (χ1) is 7.29. The standard InChI is InChI=1S/C8H5BClN.2C2H6/c9-6-1-2-7(10)8-5(6)3-4-11-8;2*1-2/h1-4,11H;2*1-2H3. The third-order valence-electron chi connectivity index (χ3n) is 1.71. The molecule has 2 radical (unpaired) electrons. The molecule has 0 fully saturated rings. The maximum absolute atomic E-state index is 5.88. The molecule has 3 heteroatoms. The molecule has 1 aromatic heterocycles. The van der Waals surface area contributed by atoms with Crippen molar-refractivity contribution in [2.75, 3.05) is 0 Å². The van der Waals surface area contributed by atoms with E-state index < -0.39 is 0 Å². The van der Waals surface area contributed by atoms with Crippen molar-refractivity contribution in [2.45, 2.75) is 27.7 Å². The molecule has 2 aromatic rings. The van der Waals surface area contributed by atoms with Crippen molar-refractivity contribution in [3.63, 3.8) is 0 Å². The summed E-state index contributed by atoms with van der Waals surface area (Å²) in [5.41, 5.74) is 1.66. The van der Waals surface area contributed by atoms with Gasteiger partial charge in [-0.15, -0.1) is 0 Å². The Morgan fingerprint density at radius 2 is 1.67 bits per heavy atom. The molecule has 0 aliphatic rings. The van der Waals surface area contributed by atoms with Crippen molar-refractivity contribution in [2.24, 2.45) is 0 Å². The number of rotatable bonds is 0. The van der Waals surface area contributed by atoms with Crippen molar-refractivity contribution in [1.29, 1.82) is 0 Å². The number of aromatic amines is 1. The minimum atomic E-state index is 0.708. The zero-order valence-electron chi connectivity index (χ0n) is 9.76. The quantitative estimate of drug-likeness (QED) is 0.654. The van der Waals surface area contributed by atoms with Crippen LogP contribution in [0, 0.1) is 0 Å². The molecular weight excluding hydrogens is 204 g/mol. The number of aromatic nitrogens is 1. The van der Waals surface area contributed by atoms with Crippen LogP contribution in [0.15, 0.2) is 24.4 Å². The smallest absolute Gasteiger partial charge is 0.114 e. The van der Waals surface area contributed by atoms with Gasteiger partial charge in [0.1, 0.15) is 7.85 Å². The van der Waals surface area contributed by atoms with Gasteiger partial charge in [0.25, 0.3) is 0 Å². The summed E-state index contributed by atoms with van der Waals surface area (Å²) in [6.45, 7) is 8.00. The highest BCUT2D eigenvalue weighted by Crippen LogP contribution is 2.18. The molecule has 0 atom stereocenters. The highest BCUT2D eigenvalue weighted by Gasteiger charge is 2.00. The lowest BCUT2D eigenvalue weighted by atomic mass is 9.93. The van der Waals surface area contributed by atoms with Gasteiger partial charge in [-0.25, -0.2) is 0 Å². The number of fused-ring (bicyclic) bond motifs is 1. The molecule has 0 bridgehead atoms.